The molecule has 1 aromatic heterocycles. The predicted molar refractivity (Wildman–Crippen MR) is 49.9 cm³/mol. The molecule has 0 amide bonds. The number of thioether (sulfide) groups is 1. The van der Waals surface area contributed by atoms with E-state index in [4.69, 9.17) is 4.74 Å². The van der Waals surface area contributed by atoms with Gasteiger partial charge in [0.1, 0.15) is 11.6 Å². The third-order valence-electron chi connectivity index (χ3n) is 1.60. The Morgan fingerprint density at radius 3 is 3.00 bits per heavy atom. The van der Waals surface area contributed by atoms with Crippen LogP contribution in [0.3, 0.4) is 0 Å². The first-order valence-electron chi connectivity index (χ1n) is 3.86. The van der Waals surface area contributed by atoms with Crippen molar-refractivity contribution in [2.75, 3.05) is 6.61 Å². The van der Waals surface area contributed by atoms with Gasteiger partial charge in [-0.05, 0) is 6.92 Å². The zero-order valence-electron chi connectivity index (χ0n) is 7.02. The largest absolute Gasteiger partial charge is 0.464 e. The molecule has 70 valence electrons. The number of esters is 1. The van der Waals surface area contributed by atoms with E-state index in [9.17, 15) is 4.79 Å². The first-order chi connectivity index (χ1) is 6.24. The van der Waals surface area contributed by atoms with Crippen LogP contribution in [0.15, 0.2) is 4.34 Å². The van der Waals surface area contributed by atoms with Crippen molar-refractivity contribution in [3.8, 4) is 0 Å². The Labute approximate surface area is 83.7 Å². The molecule has 4 nitrogen and oxygen atoms in total. The number of aromatic nitrogens is 2. The lowest BCUT2D eigenvalue weighted by Gasteiger charge is -1.99. The molecule has 0 spiro atoms. The first kappa shape index (κ1) is 8.96. The highest BCUT2D eigenvalue weighted by Crippen LogP contribution is 2.30. The number of ether oxygens (including phenoxy) is 1. The third-order valence-corrected chi connectivity index (χ3v) is 3.69. The van der Waals surface area contributed by atoms with E-state index in [1.807, 2.05) is 6.92 Å². The minimum absolute atomic E-state index is 0.112. The van der Waals surface area contributed by atoms with Gasteiger partial charge >= 0.3 is 5.97 Å². The van der Waals surface area contributed by atoms with Crippen molar-refractivity contribution < 1.29 is 9.53 Å². The third kappa shape index (κ3) is 2.19. The Morgan fingerprint density at radius 1 is 1.62 bits per heavy atom. The van der Waals surface area contributed by atoms with Gasteiger partial charge in [0.2, 0.25) is 0 Å². The minimum Gasteiger partial charge on any atom is -0.464 e. The molecule has 2 rings (SSSR count). The van der Waals surface area contributed by atoms with Crippen LogP contribution in [0.2, 0.25) is 0 Å². The molecule has 1 aliphatic rings. The van der Waals surface area contributed by atoms with E-state index in [2.05, 4.69) is 10.2 Å². The predicted octanol–water partition coefficient (Wildman–Crippen LogP) is 1.25. The molecule has 0 N–H and O–H groups in total. The zero-order chi connectivity index (χ0) is 9.26. The van der Waals surface area contributed by atoms with Gasteiger partial charge in [0, 0.05) is 0 Å². The van der Waals surface area contributed by atoms with E-state index < -0.39 is 0 Å². The first-order valence-corrected chi connectivity index (χ1v) is 5.56. The van der Waals surface area contributed by atoms with Gasteiger partial charge in [0.05, 0.1) is 11.7 Å². The van der Waals surface area contributed by atoms with Crippen molar-refractivity contribution in [1.82, 2.24) is 10.2 Å². The maximum atomic E-state index is 10.8. The van der Waals surface area contributed by atoms with Crippen LogP contribution in [0.5, 0.6) is 0 Å². The highest BCUT2D eigenvalue weighted by atomic mass is 32.2. The van der Waals surface area contributed by atoms with E-state index in [1.165, 1.54) is 0 Å². The summed E-state index contributed by atoms with van der Waals surface area (Å²) in [4.78, 5) is 10.8. The average molecular weight is 216 g/mol. The van der Waals surface area contributed by atoms with E-state index in [0.29, 0.717) is 13.0 Å². The van der Waals surface area contributed by atoms with Crippen molar-refractivity contribution in [2.45, 2.75) is 22.9 Å². The Hall–Kier alpha value is -0.620. The Bertz CT molecular complexity index is 326. The summed E-state index contributed by atoms with van der Waals surface area (Å²) in [5.74, 6) is -0.112. The molecule has 0 aromatic carbocycles. The SMILES string of the molecule is Cc1nnc(S[C@@H]2COC(=O)C2)s1. The maximum Gasteiger partial charge on any atom is 0.307 e. The van der Waals surface area contributed by atoms with Crippen molar-refractivity contribution in [2.24, 2.45) is 0 Å². The van der Waals surface area contributed by atoms with Crippen LogP contribution in [0.4, 0.5) is 0 Å². The van der Waals surface area contributed by atoms with Crippen LogP contribution >= 0.6 is 23.1 Å². The minimum atomic E-state index is -0.112. The topological polar surface area (TPSA) is 52.1 Å². The molecule has 6 heteroatoms. The standard InChI is InChI=1S/C7H8N2O2S2/c1-4-8-9-7(12-4)13-5-2-6(10)11-3-5/h5H,2-3H2,1H3/t5-/m0/s1. The number of aryl methyl sites for hydroxylation is 1. The van der Waals surface area contributed by atoms with Gasteiger partial charge < -0.3 is 4.74 Å². The lowest BCUT2D eigenvalue weighted by Crippen LogP contribution is -1.99. The summed E-state index contributed by atoms with van der Waals surface area (Å²) < 4.78 is 5.76. The molecule has 13 heavy (non-hydrogen) atoms. The highest BCUT2D eigenvalue weighted by Gasteiger charge is 2.25. The second kappa shape index (κ2) is 3.63. The van der Waals surface area contributed by atoms with Gasteiger partial charge in [-0.15, -0.1) is 10.2 Å². The van der Waals surface area contributed by atoms with Crippen LogP contribution in [-0.4, -0.2) is 28.0 Å². The summed E-state index contributed by atoms with van der Waals surface area (Å²) in [6.45, 7) is 2.42. The zero-order valence-corrected chi connectivity index (χ0v) is 8.65. The molecule has 0 unspecified atom stereocenters. The Morgan fingerprint density at radius 2 is 2.46 bits per heavy atom. The fraction of sp³-hybridized carbons (Fsp3) is 0.571. The number of carbonyl (C=O) groups excluding carboxylic acids is 1. The molecule has 1 atom stereocenters. The normalized spacial score (nSPS) is 21.9. The molecule has 0 bridgehead atoms. The molecule has 2 heterocycles. The molecule has 1 saturated heterocycles. The highest BCUT2D eigenvalue weighted by molar-refractivity contribution is 8.01. The van der Waals surface area contributed by atoms with Crippen LogP contribution in [0.1, 0.15) is 11.4 Å². The second-order valence-electron chi connectivity index (χ2n) is 2.71. The number of nitrogens with zero attached hydrogens (tertiary/aromatic N) is 2. The molecular formula is C7H8N2O2S2. The van der Waals surface area contributed by atoms with E-state index in [1.54, 1.807) is 23.1 Å². The van der Waals surface area contributed by atoms with Crippen molar-refractivity contribution in [3.05, 3.63) is 5.01 Å². The van der Waals surface area contributed by atoms with E-state index >= 15 is 0 Å². The quantitative estimate of drug-likeness (QED) is 0.696. The molecule has 0 aliphatic carbocycles. The molecule has 1 aromatic rings. The molecule has 0 radical (unpaired) electrons. The number of cyclic esters (lactones) is 1. The number of hydrogen-bond donors (Lipinski definition) is 0. The van der Waals surface area contributed by atoms with E-state index in [-0.39, 0.29) is 11.2 Å². The smallest absolute Gasteiger partial charge is 0.307 e. The van der Waals surface area contributed by atoms with Crippen molar-refractivity contribution in [1.29, 1.82) is 0 Å². The van der Waals surface area contributed by atoms with Gasteiger partial charge in [0.25, 0.3) is 0 Å². The van der Waals surface area contributed by atoms with Crippen molar-refractivity contribution >= 4 is 29.1 Å². The molecule has 0 saturated carbocycles. The summed E-state index contributed by atoms with van der Waals surface area (Å²) >= 11 is 3.12. The fourth-order valence-corrected chi connectivity index (χ4v) is 3.14. The summed E-state index contributed by atoms with van der Waals surface area (Å²) in [6.07, 6.45) is 0.489. The van der Waals surface area contributed by atoms with Gasteiger partial charge in [-0.25, -0.2) is 0 Å². The summed E-state index contributed by atoms with van der Waals surface area (Å²) in [7, 11) is 0. The van der Waals surface area contributed by atoms with Gasteiger partial charge in [-0.1, -0.05) is 23.1 Å². The van der Waals surface area contributed by atoms with Crippen LogP contribution in [-0.2, 0) is 9.53 Å². The van der Waals surface area contributed by atoms with E-state index in [0.717, 1.165) is 9.35 Å². The average Bonchev–Trinajstić information content (AvgIpc) is 2.62. The molecular weight excluding hydrogens is 208 g/mol. The Balaban J connectivity index is 1.95. The number of hydrogen-bond acceptors (Lipinski definition) is 6. The van der Waals surface area contributed by atoms with Crippen LogP contribution < -0.4 is 0 Å². The van der Waals surface area contributed by atoms with Gasteiger partial charge in [0.15, 0.2) is 4.34 Å². The lowest BCUT2D eigenvalue weighted by molar-refractivity contribution is -0.137. The monoisotopic (exact) mass is 216 g/mol. The molecule has 1 fully saturated rings. The van der Waals surface area contributed by atoms with Crippen molar-refractivity contribution in [3.63, 3.8) is 0 Å². The summed E-state index contributed by atoms with van der Waals surface area (Å²) in [6, 6.07) is 0. The van der Waals surface area contributed by atoms with Crippen LogP contribution in [0, 0.1) is 6.92 Å². The Kier molecular flexibility index (Phi) is 2.50. The number of rotatable bonds is 2. The number of carbonyl (C=O) groups is 1. The lowest BCUT2D eigenvalue weighted by atomic mass is 10.4. The van der Waals surface area contributed by atoms with Crippen LogP contribution in [0.25, 0.3) is 0 Å². The second-order valence-corrected chi connectivity index (χ2v) is 5.44. The van der Waals surface area contributed by atoms with Gasteiger partial charge in [-0.2, -0.15) is 0 Å². The summed E-state index contributed by atoms with van der Waals surface area (Å²) in [5.41, 5.74) is 0. The maximum absolute atomic E-state index is 10.8. The summed E-state index contributed by atoms with van der Waals surface area (Å²) in [5, 5.41) is 9.04. The van der Waals surface area contributed by atoms with Gasteiger partial charge in [-0.3, -0.25) is 4.79 Å². The molecule has 1 aliphatic heterocycles. The fourth-order valence-electron chi connectivity index (χ4n) is 1.03.